The predicted octanol–water partition coefficient (Wildman–Crippen LogP) is 2.18. The van der Waals surface area contributed by atoms with Crippen LogP contribution < -0.4 is 0 Å². The van der Waals surface area contributed by atoms with Crippen LogP contribution in [-0.2, 0) is 14.3 Å². The van der Waals surface area contributed by atoms with Gasteiger partial charge in [-0.25, -0.2) is 0 Å². The van der Waals surface area contributed by atoms with Gasteiger partial charge in [-0.15, -0.1) is 0 Å². The Hall–Kier alpha value is -0.410. The second-order valence-electron chi connectivity index (χ2n) is 5.20. The Bertz CT molecular complexity index is 252. The van der Waals surface area contributed by atoms with Gasteiger partial charge in [-0.1, -0.05) is 20.8 Å². The Balaban J connectivity index is 2.07. The van der Waals surface area contributed by atoms with Crippen LogP contribution in [0, 0.1) is 11.8 Å². The van der Waals surface area contributed by atoms with Crippen molar-refractivity contribution in [1.29, 1.82) is 0 Å². The van der Waals surface area contributed by atoms with Crippen molar-refractivity contribution < 1.29 is 14.3 Å². The van der Waals surface area contributed by atoms with E-state index in [9.17, 15) is 4.79 Å². The highest BCUT2D eigenvalue weighted by atomic mass is 16.6. The van der Waals surface area contributed by atoms with Crippen LogP contribution in [0.15, 0.2) is 0 Å². The largest absolute Gasteiger partial charge is 0.372 e. The van der Waals surface area contributed by atoms with Crippen LogP contribution in [0.4, 0.5) is 0 Å². The predicted molar refractivity (Wildman–Crippen MR) is 61.2 cm³/mol. The lowest BCUT2D eigenvalue weighted by Gasteiger charge is -2.47. The first kappa shape index (κ1) is 12.1. The van der Waals surface area contributed by atoms with Crippen LogP contribution in [0.5, 0.6) is 0 Å². The zero-order chi connectivity index (χ0) is 11.7. The monoisotopic (exact) mass is 226 g/mol. The molecule has 0 spiro atoms. The average molecular weight is 226 g/mol. The van der Waals surface area contributed by atoms with E-state index >= 15 is 0 Å². The maximum absolute atomic E-state index is 10.9. The number of hydrogen-bond acceptors (Lipinski definition) is 3. The van der Waals surface area contributed by atoms with Crippen LogP contribution in [0.25, 0.3) is 0 Å². The van der Waals surface area contributed by atoms with Crippen LogP contribution in [0.2, 0.25) is 0 Å². The van der Waals surface area contributed by atoms with Gasteiger partial charge < -0.3 is 14.3 Å². The van der Waals surface area contributed by atoms with Gasteiger partial charge in [-0.3, -0.25) is 0 Å². The molecule has 0 amide bonds. The Kier molecular flexibility index (Phi) is 3.65. The summed E-state index contributed by atoms with van der Waals surface area (Å²) in [5.74, 6) is 0.664. The molecule has 92 valence electrons. The molecule has 16 heavy (non-hydrogen) atoms. The summed E-state index contributed by atoms with van der Waals surface area (Å²) in [4.78, 5) is 10.9. The minimum absolute atomic E-state index is 0.129. The third kappa shape index (κ3) is 2.03. The zero-order valence-electron chi connectivity index (χ0n) is 10.4. The number of carbonyl (C=O) groups excluding carboxylic acids is 1. The van der Waals surface area contributed by atoms with E-state index in [1.165, 1.54) is 0 Å². The van der Waals surface area contributed by atoms with Crippen molar-refractivity contribution in [3.63, 3.8) is 0 Å². The lowest BCUT2D eigenvalue weighted by atomic mass is 9.79. The van der Waals surface area contributed by atoms with E-state index in [2.05, 4.69) is 20.8 Å². The van der Waals surface area contributed by atoms with Gasteiger partial charge in [0, 0.05) is 0 Å². The van der Waals surface area contributed by atoms with Crippen molar-refractivity contribution in [3.8, 4) is 0 Å². The van der Waals surface area contributed by atoms with Gasteiger partial charge in [0.1, 0.15) is 12.4 Å². The summed E-state index contributed by atoms with van der Waals surface area (Å²) in [7, 11) is 0. The van der Waals surface area contributed by atoms with Gasteiger partial charge in [0.05, 0.1) is 18.3 Å². The molecule has 2 saturated heterocycles. The van der Waals surface area contributed by atoms with Gasteiger partial charge in [0.15, 0.2) is 0 Å². The summed E-state index contributed by atoms with van der Waals surface area (Å²) in [6, 6.07) is 0. The molecule has 0 aromatic heterocycles. The standard InChI is InChI=1S/C13H22O3/c1-4-10-5-6-11-13(15-10)9(3)8(2)12(7-14)16-11/h7-13H,4-6H2,1-3H3/t8-,9+,10-,11-,12-,13+/m0/s1. The smallest absolute Gasteiger partial charge is 0.149 e. The molecule has 0 aromatic rings. The molecular weight excluding hydrogens is 204 g/mol. The van der Waals surface area contributed by atoms with Crippen molar-refractivity contribution in [2.24, 2.45) is 11.8 Å². The summed E-state index contributed by atoms with van der Waals surface area (Å²) in [5.41, 5.74) is 0. The maximum Gasteiger partial charge on any atom is 0.149 e. The normalized spacial score (nSPS) is 48.4. The number of hydrogen-bond donors (Lipinski definition) is 0. The van der Waals surface area contributed by atoms with E-state index in [1.54, 1.807) is 0 Å². The van der Waals surface area contributed by atoms with Crippen LogP contribution >= 0.6 is 0 Å². The number of fused-ring (bicyclic) bond motifs is 1. The van der Waals surface area contributed by atoms with Crippen LogP contribution in [0.3, 0.4) is 0 Å². The summed E-state index contributed by atoms with van der Waals surface area (Å²) in [6.45, 7) is 6.43. The van der Waals surface area contributed by atoms with Crippen molar-refractivity contribution in [3.05, 3.63) is 0 Å². The molecule has 6 atom stereocenters. The Morgan fingerprint density at radius 2 is 1.94 bits per heavy atom. The fraction of sp³-hybridized carbons (Fsp3) is 0.923. The summed E-state index contributed by atoms with van der Waals surface area (Å²) < 4.78 is 11.9. The SMILES string of the molecule is CC[C@H]1CC[C@@H]2O[C@@H](C=O)[C@@H](C)[C@@H](C)[C@H]2O1. The Morgan fingerprint density at radius 3 is 2.56 bits per heavy atom. The lowest BCUT2D eigenvalue weighted by Crippen LogP contribution is -2.54. The van der Waals surface area contributed by atoms with Crippen molar-refractivity contribution in [2.45, 2.75) is 64.4 Å². The second kappa shape index (κ2) is 4.84. The van der Waals surface area contributed by atoms with Crippen molar-refractivity contribution in [1.82, 2.24) is 0 Å². The molecule has 2 aliphatic rings. The van der Waals surface area contributed by atoms with E-state index < -0.39 is 0 Å². The molecule has 0 bridgehead atoms. The molecule has 2 heterocycles. The first-order valence-corrected chi connectivity index (χ1v) is 6.43. The molecule has 2 rings (SSSR count). The molecule has 3 heteroatoms. The highest BCUT2D eigenvalue weighted by Crippen LogP contribution is 2.38. The average Bonchev–Trinajstić information content (AvgIpc) is 2.33. The summed E-state index contributed by atoms with van der Waals surface area (Å²) in [6.07, 6.45) is 4.57. The minimum atomic E-state index is -0.238. The molecular formula is C13H22O3. The first-order chi connectivity index (χ1) is 7.67. The van der Waals surface area contributed by atoms with E-state index in [1.807, 2.05) is 0 Å². The molecule has 0 radical (unpaired) electrons. The maximum atomic E-state index is 10.9. The number of rotatable bonds is 2. The van der Waals surface area contributed by atoms with Gasteiger partial charge in [-0.05, 0) is 31.1 Å². The minimum Gasteiger partial charge on any atom is -0.372 e. The van der Waals surface area contributed by atoms with Crippen molar-refractivity contribution >= 4 is 6.29 Å². The Morgan fingerprint density at radius 1 is 1.19 bits per heavy atom. The molecule has 0 aliphatic carbocycles. The quantitative estimate of drug-likeness (QED) is 0.677. The van der Waals surface area contributed by atoms with Gasteiger partial charge in [0.25, 0.3) is 0 Å². The summed E-state index contributed by atoms with van der Waals surface area (Å²) in [5, 5.41) is 0. The molecule has 0 unspecified atom stereocenters. The molecule has 0 N–H and O–H groups in total. The topological polar surface area (TPSA) is 35.5 Å². The molecule has 0 aromatic carbocycles. The third-order valence-corrected chi connectivity index (χ3v) is 4.28. The number of carbonyl (C=O) groups is 1. The lowest BCUT2D eigenvalue weighted by molar-refractivity contribution is -0.220. The number of aldehydes is 1. The van der Waals surface area contributed by atoms with E-state index in [0.717, 1.165) is 25.5 Å². The Labute approximate surface area is 97.5 Å². The van der Waals surface area contributed by atoms with Crippen LogP contribution in [-0.4, -0.2) is 30.7 Å². The van der Waals surface area contributed by atoms with Crippen molar-refractivity contribution in [2.75, 3.05) is 0 Å². The van der Waals surface area contributed by atoms with Crippen LogP contribution in [0.1, 0.15) is 40.0 Å². The third-order valence-electron chi connectivity index (χ3n) is 4.28. The van der Waals surface area contributed by atoms with Gasteiger partial charge in [-0.2, -0.15) is 0 Å². The first-order valence-electron chi connectivity index (χ1n) is 6.43. The van der Waals surface area contributed by atoms with E-state index in [4.69, 9.17) is 9.47 Å². The van der Waals surface area contributed by atoms with Gasteiger partial charge >= 0.3 is 0 Å². The fourth-order valence-corrected chi connectivity index (χ4v) is 2.88. The molecule has 3 nitrogen and oxygen atoms in total. The fourth-order valence-electron chi connectivity index (χ4n) is 2.88. The van der Waals surface area contributed by atoms with E-state index in [-0.39, 0.29) is 24.2 Å². The van der Waals surface area contributed by atoms with Gasteiger partial charge in [0.2, 0.25) is 0 Å². The number of ether oxygens (including phenoxy) is 2. The highest BCUT2D eigenvalue weighted by molar-refractivity contribution is 5.57. The summed E-state index contributed by atoms with van der Waals surface area (Å²) >= 11 is 0. The molecule has 2 fully saturated rings. The zero-order valence-corrected chi connectivity index (χ0v) is 10.4. The van der Waals surface area contributed by atoms with E-state index in [0.29, 0.717) is 12.0 Å². The second-order valence-corrected chi connectivity index (χ2v) is 5.20. The molecule has 2 aliphatic heterocycles. The molecule has 0 saturated carbocycles. The highest BCUT2D eigenvalue weighted by Gasteiger charge is 2.44.